The molecule has 0 unspecified atom stereocenters. The summed E-state index contributed by atoms with van der Waals surface area (Å²) >= 11 is 1.58. The van der Waals surface area contributed by atoms with Crippen LogP contribution in [0.5, 0.6) is 0 Å². The van der Waals surface area contributed by atoms with Gasteiger partial charge in [0.1, 0.15) is 5.82 Å². The van der Waals surface area contributed by atoms with E-state index < -0.39 is 5.60 Å². The predicted octanol–water partition coefficient (Wildman–Crippen LogP) is 4.04. The number of thiophene rings is 1. The van der Waals surface area contributed by atoms with Crippen LogP contribution in [0.25, 0.3) is 10.6 Å². The number of carbonyl (C=O) groups excluding carboxylic acids is 1. The van der Waals surface area contributed by atoms with Gasteiger partial charge in [0.15, 0.2) is 5.69 Å². The summed E-state index contributed by atoms with van der Waals surface area (Å²) in [6.07, 6.45) is 2.27. The second-order valence-electron chi connectivity index (χ2n) is 8.02. The number of H-pyrrole nitrogens is 1. The Morgan fingerprint density at radius 2 is 2.14 bits per heavy atom. The van der Waals surface area contributed by atoms with Crippen LogP contribution in [0.1, 0.15) is 35.3 Å². The molecule has 1 aliphatic carbocycles. The second-order valence-corrected chi connectivity index (χ2v) is 8.96. The largest absolute Gasteiger partial charge is 0.385 e. The van der Waals surface area contributed by atoms with E-state index in [4.69, 9.17) is 0 Å². The van der Waals surface area contributed by atoms with Crippen LogP contribution >= 0.6 is 11.3 Å². The molecule has 150 valence electrons. The SMILES string of the molecule is O=C(c1cc(-c2cccs2)[nH]n1)N1C[C@@H]2CCC[C@](O)(c3ccccc3F)[C@H]2C1. The highest BCUT2D eigenvalue weighted by Crippen LogP contribution is 2.49. The maximum atomic E-state index is 14.5. The molecule has 2 fully saturated rings. The fourth-order valence-corrected chi connectivity index (χ4v) is 5.68. The zero-order valence-electron chi connectivity index (χ0n) is 15.8. The van der Waals surface area contributed by atoms with Crippen molar-refractivity contribution in [2.75, 3.05) is 13.1 Å². The molecule has 0 spiro atoms. The average Bonchev–Trinajstić information content (AvgIpc) is 3.47. The van der Waals surface area contributed by atoms with Gasteiger partial charge in [-0.15, -0.1) is 11.3 Å². The lowest BCUT2D eigenvalue weighted by Crippen LogP contribution is -2.43. The Balaban J connectivity index is 1.39. The van der Waals surface area contributed by atoms with Crippen LogP contribution in [0.2, 0.25) is 0 Å². The van der Waals surface area contributed by atoms with Gasteiger partial charge >= 0.3 is 0 Å². The maximum Gasteiger partial charge on any atom is 0.274 e. The molecule has 2 N–H and O–H groups in total. The summed E-state index contributed by atoms with van der Waals surface area (Å²) < 4.78 is 14.5. The van der Waals surface area contributed by atoms with E-state index in [9.17, 15) is 14.3 Å². The fourth-order valence-electron chi connectivity index (χ4n) is 4.99. The number of benzene rings is 1. The Morgan fingerprint density at radius 1 is 1.28 bits per heavy atom. The van der Waals surface area contributed by atoms with Crippen LogP contribution < -0.4 is 0 Å². The van der Waals surface area contributed by atoms with Crippen LogP contribution in [-0.4, -0.2) is 39.2 Å². The highest BCUT2D eigenvalue weighted by molar-refractivity contribution is 7.13. The van der Waals surface area contributed by atoms with Gasteiger partial charge in [-0.2, -0.15) is 5.10 Å². The van der Waals surface area contributed by atoms with E-state index in [1.165, 1.54) is 6.07 Å². The van der Waals surface area contributed by atoms with Gasteiger partial charge in [0.2, 0.25) is 0 Å². The minimum atomic E-state index is -1.24. The molecule has 3 atom stereocenters. The average molecular weight is 412 g/mol. The number of rotatable bonds is 3. The molecule has 1 saturated heterocycles. The molecule has 5 rings (SSSR count). The van der Waals surface area contributed by atoms with E-state index in [1.54, 1.807) is 40.5 Å². The quantitative estimate of drug-likeness (QED) is 0.684. The number of aromatic amines is 1. The van der Waals surface area contributed by atoms with E-state index in [2.05, 4.69) is 10.2 Å². The van der Waals surface area contributed by atoms with Crippen LogP contribution in [0.4, 0.5) is 4.39 Å². The van der Waals surface area contributed by atoms with Gasteiger partial charge in [-0.1, -0.05) is 24.3 Å². The molecule has 3 heterocycles. The topological polar surface area (TPSA) is 69.2 Å². The Labute approximate surface area is 172 Å². The first-order chi connectivity index (χ1) is 14.1. The monoisotopic (exact) mass is 411 g/mol. The molecule has 1 aromatic carbocycles. The summed E-state index contributed by atoms with van der Waals surface area (Å²) in [4.78, 5) is 15.9. The number of likely N-dealkylation sites (tertiary alicyclic amines) is 1. The Bertz CT molecular complexity index is 1030. The highest BCUT2D eigenvalue weighted by Gasteiger charge is 2.51. The van der Waals surface area contributed by atoms with Crippen molar-refractivity contribution in [3.05, 3.63) is 64.9 Å². The Morgan fingerprint density at radius 3 is 2.93 bits per heavy atom. The molecule has 2 aliphatic rings. The van der Waals surface area contributed by atoms with Crippen molar-refractivity contribution in [2.45, 2.75) is 24.9 Å². The zero-order chi connectivity index (χ0) is 20.0. The van der Waals surface area contributed by atoms with Crippen LogP contribution in [0.3, 0.4) is 0 Å². The lowest BCUT2D eigenvalue weighted by Gasteiger charge is -2.41. The molecule has 1 amide bonds. The number of hydrogen-bond acceptors (Lipinski definition) is 4. The number of nitrogens with zero attached hydrogens (tertiary/aromatic N) is 2. The number of hydrogen-bond donors (Lipinski definition) is 2. The minimum Gasteiger partial charge on any atom is -0.385 e. The molecular weight excluding hydrogens is 389 g/mol. The van der Waals surface area contributed by atoms with Gasteiger partial charge in [0.05, 0.1) is 16.2 Å². The maximum absolute atomic E-state index is 14.5. The second kappa shape index (κ2) is 7.07. The molecule has 3 aromatic rings. The number of halogens is 1. The first-order valence-corrected chi connectivity index (χ1v) is 10.8. The van der Waals surface area contributed by atoms with Crippen LogP contribution in [0, 0.1) is 17.7 Å². The van der Waals surface area contributed by atoms with Crippen molar-refractivity contribution in [1.29, 1.82) is 0 Å². The standard InChI is InChI=1S/C22H22FN3O2S/c23-17-7-2-1-6-15(17)22(28)9-3-5-14-12-26(13-16(14)22)21(27)19-11-18(24-25-19)20-8-4-10-29-20/h1-2,4,6-8,10-11,14,16,28H,3,5,9,12-13H2,(H,24,25)/t14-,16-,22-/m0/s1. The molecule has 29 heavy (non-hydrogen) atoms. The number of aromatic nitrogens is 2. The normalized spacial score (nSPS) is 26.5. The number of fused-ring (bicyclic) bond motifs is 1. The smallest absolute Gasteiger partial charge is 0.274 e. The summed E-state index contributed by atoms with van der Waals surface area (Å²) in [6.45, 7) is 0.983. The third-order valence-corrected chi connectivity index (χ3v) is 7.30. The van der Waals surface area contributed by atoms with Gasteiger partial charge in [0, 0.05) is 24.6 Å². The summed E-state index contributed by atoms with van der Waals surface area (Å²) in [5.41, 5.74) is 0.310. The fraction of sp³-hybridized carbons (Fsp3) is 0.364. The third-order valence-electron chi connectivity index (χ3n) is 6.40. The molecule has 5 nitrogen and oxygen atoms in total. The van der Waals surface area contributed by atoms with E-state index in [-0.39, 0.29) is 23.6 Å². The first-order valence-electron chi connectivity index (χ1n) is 9.92. The molecule has 0 bridgehead atoms. The highest BCUT2D eigenvalue weighted by atomic mass is 32.1. The number of nitrogens with one attached hydrogen (secondary N) is 1. The van der Waals surface area contributed by atoms with Gasteiger partial charge in [-0.25, -0.2) is 4.39 Å². The van der Waals surface area contributed by atoms with Crippen molar-refractivity contribution in [3.63, 3.8) is 0 Å². The van der Waals surface area contributed by atoms with Crippen molar-refractivity contribution in [1.82, 2.24) is 15.1 Å². The summed E-state index contributed by atoms with van der Waals surface area (Å²) in [5, 5.41) is 20.6. The summed E-state index contributed by atoms with van der Waals surface area (Å²) in [5.74, 6) is -0.538. The van der Waals surface area contributed by atoms with Gasteiger partial charge < -0.3 is 10.0 Å². The van der Waals surface area contributed by atoms with Crippen molar-refractivity contribution in [3.8, 4) is 10.6 Å². The number of amides is 1. The molecule has 1 aliphatic heterocycles. The van der Waals surface area contributed by atoms with Crippen molar-refractivity contribution in [2.24, 2.45) is 11.8 Å². The lowest BCUT2D eigenvalue weighted by molar-refractivity contribution is -0.0668. The number of carbonyl (C=O) groups is 1. The Kier molecular flexibility index (Phi) is 4.52. The van der Waals surface area contributed by atoms with E-state index in [1.807, 2.05) is 17.5 Å². The third kappa shape index (κ3) is 3.09. The molecule has 2 aromatic heterocycles. The Hall–Kier alpha value is -2.51. The van der Waals surface area contributed by atoms with E-state index in [0.717, 1.165) is 23.4 Å². The lowest BCUT2D eigenvalue weighted by atomic mass is 9.67. The van der Waals surface area contributed by atoms with Crippen LogP contribution in [-0.2, 0) is 5.60 Å². The van der Waals surface area contributed by atoms with Gasteiger partial charge in [-0.3, -0.25) is 9.89 Å². The summed E-state index contributed by atoms with van der Waals surface area (Å²) in [6, 6.07) is 12.2. The molecular formula is C22H22FN3O2S. The van der Waals surface area contributed by atoms with E-state index in [0.29, 0.717) is 30.8 Å². The minimum absolute atomic E-state index is 0.144. The number of aliphatic hydroxyl groups is 1. The molecule has 7 heteroatoms. The molecule has 1 saturated carbocycles. The van der Waals surface area contributed by atoms with Gasteiger partial charge in [0.25, 0.3) is 5.91 Å². The van der Waals surface area contributed by atoms with Crippen molar-refractivity contribution >= 4 is 17.2 Å². The van der Waals surface area contributed by atoms with Crippen molar-refractivity contribution < 1.29 is 14.3 Å². The first kappa shape index (κ1) is 18.5. The molecule has 0 radical (unpaired) electrons. The van der Waals surface area contributed by atoms with E-state index >= 15 is 0 Å². The van der Waals surface area contributed by atoms with Crippen LogP contribution in [0.15, 0.2) is 47.8 Å². The zero-order valence-corrected chi connectivity index (χ0v) is 16.7. The predicted molar refractivity (Wildman–Crippen MR) is 109 cm³/mol. The van der Waals surface area contributed by atoms with Gasteiger partial charge in [-0.05, 0) is 48.8 Å². The summed E-state index contributed by atoms with van der Waals surface area (Å²) in [7, 11) is 0.